The number of aromatic nitrogens is 4. The van der Waals surface area contributed by atoms with Crippen LogP contribution in [0.5, 0.6) is 0 Å². The number of amides is 3. The lowest BCUT2D eigenvalue weighted by Crippen LogP contribution is -2.27. The van der Waals surface area contributed by atoms with E-state index in [0.29, 0.717) is 23.9 Å². The van der Waals surface area contributed by atoms with Crippen LogP contribution in [0.15, 0.2) is 66.3 Å². The minimum Gasteiger partial charge on any atom is -0.342 e. The van der Waals surface area contributed by atoms with E-state index >= 15 is 0 Å². The fourth-order valence-electron chi connectivity index (χ4n) is 4.54. The Morgan fingerprint density at radius 3 is 2.45 bits per heavy atom. The predicted octanol–water partition coefficient (Wildman–Crippen LogP) is 4.63. The first-order valence-corrected chi connectivity index (χ1v) is 15.0. The van der Waals surface area contributed by atoms with E-state index < -0.39 is 0 Å². The smallest absolute Gasteiger partial charge is 0.229 e. The Morgan fingerprint density at radius 1 is 0.929 bits per heavy atom. The van der Waals surface area contributed by atoms with E-state index in [1.54, 1.807) is 24.9 Å². The van der Waals surface area contributed by atoms with E-state index in [4.69, 9.17) is 0 Å². The van der Waals surface area contributed by atoms with Gasteiger partial charge in [0.25, 0.3) is 0 Å². The second kappa shape index (κ2) is 15.1. The van der Waals surface area contributed by atoms with Crippen LogP contribution >= 0.6 is 11.3 Å². The fourth-order valence-corrected chi connectivity index (χ4v) is 5.33. The number of likely N-dealkylation sites (N-methyl/N-ethyl adjacent to an activating group) is 1. The van der Waals surface area contributed by atoms with Crippen molar-refractivity contribution in [1.82, 2.24) is 25.3 Å². The van der Waals surface area contributed by atoms with Crippen LogP contribution in [-0.2, 0) is 33.6 Å². The van der Waals surface area contributed by atoms with E-state index in [2.05, 4.69) is 50.1 Å². The maximum atomic E-state index is 12.7. The van der Waals surface area contributed by atoms with Gasteiger partial charge in [-0.1, -0.05) is 66.8 Å². The molecule has 2 heterocycles. The monoisotopic (exact) mass is 587 g/mol. The molecule has 0 fully saturated rings. The highest BCUT2D eigenvalue weighted by atomic mass is 32.1. The number of nitrogens with one attached hydrogen (secondary N) is 2. The lowest BCUT2D eigenvalue weighted by atomic mass is 9.84. The summed E-state index contributed by atoms with van der Waals surface area (Å²) in [5, 5.41) is 23.8. The number of hydrogen-bond acceptors (Lipinski definition) is 8. The number of carbonyl (C=O) groups is 3. The van der Waals surface area contributed by atoms with E-state index in [0.717, 1.165) is 47.5 Å². The number of unbranched alkanes of at least 4 members (excludes halogenated alkanes) is 1. The Balaban J connectivity index is 1.16. The SMILES string of the molecule is CC(=O)N(C)CC1=CC(CC(=O)Nc2nnc(CCCCc3ccc(NC(=O)Cc4ccccc4)nn3)s2)C(C)C=C1. The Bertz CT molecular complexity index is 1420. The maximum absolute atomic E-state index is 12.7. The van der Waals surface area contributed by atoms with Crippen molar-refractivity contribution in [2.75, 3.05) is 24.2 Å². The maximum Gasteiger partial charge on any atom is 0.229 e. The van der Waals surface area contributed by atoms with Gasteiger partial charge in [-0.15, -0.1) is 15.3 Å². The van der Waals surface area contributed by atoms with Crippen molar-refractivity contribution >= 4 is 40.0 Å². The van der Waals surface area contributed by atoms with Crippen LogP contribution in [0.25, 0.3) is 0 Å². The lowest BCUT2D eigenvalue weighted by Gasteiger charge is -2.24. The average Bonchev–Trinajstić information content (AvgIpc) is 3.41. The van der Waals surface area contributed by atoms with Crippen LogP contribution in [0.3, 0.4) is 0 Å². The number of aryl methyl sites for hydroxylation is 2. The normalized spacial score (nSPS) is 16.0. The number of rotatable bonds is 13. The molecule has 0 spiro atoms. The van der Waals surface area contributed by atoms with Crippen LogP contribution in [0, 0.1) is 11.8 Å². The molecule has 1 aromatic carbocycles. The van der Waals surface area contributed by atoms with Gasteiger partial charge >= 0.3 is 0 Å². The van der Waals surface area contributed by atoms with Gasteiger partial charge in [-0.25, -0.2) is 0 Å². The van der Waals surface area contributed by atoms with Gasteiger partial charge in [-0.3, -0.25) is 14.4 Å². The number of benzene rings is 1. The molecule has 2 atom stereocenters. The lowest BCUT2D eigenvalue weighted by molar-refractivity contribution is -0.127. The highest BCUT2D eigenvalue weighted by molar-refractivity contribution is 7.15. The van der Waals surface area contributed by atoms with E-state index in [9.17, 15) is 14.4 Å². The van der Waals surface area contributed by atoms with Gasteiger partial charge in [0.05, 0.1) is 12.1 Å². The minimum atomic E-state index is -0.128. The highest BCUT2D eigenvalue weighted by Gasteiger charge is 2.22. The van der Waals surface area contributed by atoms with Gasteiger partial charge in [-0.05, 0) is 54.4 Å². The summed E-state index contributed by atoms with van der Waals surface area (Å²) in [5.74, 6) is 0.505. The quantitative estimate of drug-likeness (QED) is 0.279. The summed E-state index contributed by atoms with van der Waals surface area (Å²) >= 11 is 1.39. The number of nitrogens with zero attached hydrogens (tertiary/aromatic N) is 5. The van der Waals surface area contributed by atoms with Crippen LogP contribution < -0.4 is 10.6 Å². The van der Waals surface area contributed by atoms with Crippen molar-refractivity contribution in [1.29, 1.82) is 0 Å². The number of carbonyl (C=O) groups excluding carboxylic acids is 3. The van der Waals surface area contributed by atoms with Gasteiger partial charge in [0.15, 0.2) is 5.82 Å². The Kier molecular flexibility index (Phi) is 11.0. The number of anilines is 2. The highest BCUT2D eigenvalue weighted by Crippen LogP contribution is 2.27. The third-order valence-electron chi connectivity index (χ3n) is 7.08. The average molecular weight is 588 g/mol. The van der Waals surface area contributed by atoms with Crippen molar-refractivity contribution < 1.29 is 14.4 Å². The van der Waals surface area contributed by atoms with Crippen LogP contribution in [-0.4, -0.2) is 56.6 Å². The molecule has 0 saturated carbocycles. The molecular weight excluding hydrogens is 550 g/mol. The van der Waals surface area contributed by atoms with Gasteiger partial charge in [0.2, 0.25) is 22.9 Å². The molecule has 1 aliphatic carbocycles. The Labute approximate surface area is 250 Å². The van der Waals surface area contributed by atoms with Gasteiger partial charge in [0.1, 0.15) is 5.01 Å². The number of hydrogen-bond donors (Lipinski definition) is 2. The molecule has 0 aliphatic heterocycles. The van der Waals surface area contributed by atoms with E-state index in [1.807, 2.05) is 42.5 Å². The molecule has 220 valence electrons. The molecule has 3 amide bonds. The summed E-state index contributed by atoms with van der Waals surface area (Å²) in [7, 11) is 1.77. The van der Waals surface area contributed by atoms with Crippen molar-refractivity contribution in [3.05, 3.63) is 82.5 Å². The molecule has 0 radical (unpaired) electrons. The van der Waals surface area contributed by atoms with Crippen molar-refractivity contribution in [3.63, 3.8) is 0 Å². The Morgan fingerprint density at radius 2 is 1.71 bits per heavy atom. The zero-order valence-corrected chi connectivity index (χ0v) is 25.1. The first-order chi connectivity index (χ1) is 20.2. The van der Waals surface area contributed by atoms with Crippen molar-refractivity contribution in [2.45, 2.75) is 52.4 Å². The summed E-state index contributed by atoms with van der Waals surface area (Å²) in [4.78, 5) is 38.2. The molecule has 0 saturated heterocycles. The minimum absolute atomic E-state index is 0.00799. The fraction of sp³-hybridized carbons (Fsp3) is 0.387. The molecule has 2 N–H and O–H groups in total. The summed E-state index contributed by atoms with van der Waals surface area (Å²) in [6.45, 7) is 4.16. The second-order valence-corrected chi connectivity index (χ2v) is 11.6. The van der Waals surface area contributed by atoms with Gasteiger partial charge in [0, 0.05) is 33.4 Å². The molecule has 2 aromatic heterocycles. The van der Waals surface area contributed by atoms with E-state index in [1.165, 1.54) is 11.3 Å². The van der Waals surface area contributed by atoms with Crippen molar-refractivity contribution in [3.8, 4) is 0 Å². The molecule has 10 nitrogen and oxygen atoms in total. The first-order valence-electron chi connectivity index (χ1n) is 14.1. The molecule has 42 heavy (non-hydrogen) atoms. The van der Waals surface area contributed by atoms with Crippen LogP contribution in [0.1, 0.15) is 49.4 Å². The third-order valence-corrected chi connectivity index (χ3v) is 7.98. The van der Waals surface area contributed by atoms with Crippen molar-refractivity contribution in [2.24, 2.45) is 11.8 Å². The predicted molar refractivity (Wildman–Crippen MR) is 164 cm³/mol. The third kappa shape index (κ3) is 9.69. The van der Waals surface area contributed by atoms with Gasteiger partial charge < -0.3 is 15.5 Å². The number of allylic oxidation sites excluding steroid dienone is 2. The summed E-state index contributed by atoms with van der Waals surface area (Å²) in [6, 6.07) is 13.2. The zero-order valence-electron chi connectivity index (χ0n) is 24.2. The summed E-state index contributed by atoms with van der Waals surface area (Å²) in [6.07, 6.45) is 10.2. The summed E-state index contributed by atoms with van der Waals surface area (Å²) in [5.41, 5.74) is 2.84. The largest absolute Gasteiger partial charge is 0.342 e. The molecule has 1 aliphatic rings. The second-order valence-electron chi connectivity index (χ2n) is 10.6. The molecular formula is C31H37N7O3S. The zero-order chi connectivity index (χ0) is 29.9. The first kappa shape index (κ1) is 30.7. The Hall–Kier alpha value is -4.25. The molecule has 11 heteroatoms. The van der Waals surface area contributed by atoms with Crippen LogP contribution in [0.4, 0.5) is 10.9 Å². The van der Waals surface area contributed by atoms with Crippen LogP contribution in [0.2, 0.25) is 0 Å². The topological polar surface area (TPSA) is 130 Å². The standard InChI is InChI=1S/C31H37N7O3S/c1-21-13-14-24(20-38(3)22(2)39)17-25(21)19-29(41)33-31-37-36-30(42-31)12-8-7-11-26-15-16-27(35-34-26)32-28(40)18-23-9-5-4-6-10-23/h4-6,9-10,13-17,21,25H,7-8,11-12,18-20H2,1-3H3,(H,32,35,40)(H,33,37,41). The van der Waals surface area contributed by atoms with E-state index in [-0.39, 0.29) is 36.0 Å². The molecule has 3 aromatic rings. The molecule has 0 bridgehead atoms. The summed E-state index contributed by atoms with van der Waals surface area (Å²) < 4.78 is 0. The van der Waals surface area contributed by atoms with Gasteiger partial charge in [-0.2, -0.15) is 5.10 Å². The molecule has 2 unspecified atom stereocenters. The molecule has 4 rings (SSSR count).